The molecule has 0 saturated carbocycles. The van der Waals surface area contributed by atoms with Crippen molar-refractivity contribution in [3.8, 4) is 5.69 Å². The average molecular weight is 383 g/mol. The van der Waals surface area contributed by atoms with Crippen molar-refractivity contribution >= 4 is 11.9 Å². The third-order valence-corrected chi connectivity index (χ3v) is 4.52. The van der Waals surface area contributed by atoms with Gasteiger partial charge in [0.25, 0.3) is 5.91 Å². The summed E-state index contributed by atoms with van der Waals surface area (Å²) in [5.74, 6) is -1.73. The van der Waals surface area contributed by atoms with Crippen LogP contribution in [0.15, 0.2) is 30.5 Å². The zero-order valence-electron chi connectivity index (χ0n) is 15.3. The van der Waals surface area contributed by atoms with Gasteiger partial charge in [-0.1, -0.05) is 13.8 Å². The second-order valence-electron chi connectivity index (χ2n) is 6.57. The minimum atomic E-state index is -4.90. The molecule has 0 aliphatic heterocycles. The fourth-order valence-electron chi connectivity index (χ4n) is 2.55. The normalized spacial score (nSPS) is 12.9. The fraction of sp³-hybridized carbons (Fsp3) is 0.389. The summed E-state index contributed by atoms with van der Waals surface area (Å²) in [5.41, 5.74) is -1.99. The van der Waals surface area contributed by atoms with Crippen molar-refractivity contribution in [1.82, 2.24) is 14.7 Å². The summed E-state index contributed by atoms with van der Waals surface area (Å²) >= 11 is 0. The van der Waals surface area contributed by atoms with Gasteiger partial charge in [-0.05, 0) is 37.1 Å². The molecule has 0 fully saturated rings. The lowest BCUT2D eigenvalue weighted by Crippen LogP contribution is -2.38. The van der Waals surface area contributed by atoms with Gasteiger partial charge in [0, 0.05) is 18.7 Å². The Bertz CT molecular complexity index is 842. The highest BCUT2D eigenvalue weighted by atomic mass is 19.4. The third-order valence-electron chi connectivity index (χ3n) is 4.52. The van der Waals surface area contributed by atoms with Crippen LogP contribution in [0.3, 0.4) is 0 Å². The molecule has 1 aromatic carbocycles. The van der Waals surface area contributed by atoms with Gasteiger partial charge < -0.3 is 10.0 Å². The van der Waals surface area contributed by atoms with E-state index in [1.807, 2.05) is 20.8 Å². The minimum absolute atomic E-state index is 0.00550. The quantitative estimate of drug-likeness (QED) is 0.854. The van der Waals surface area contributed by atoms with Crippen molar-refractivity contribution in [1.29, 1.82) is 0 Å². The molecule has 6 nitrogen and oxygen atoms in total. The molecule has 1 aromatic heterocycles. The molecule has 1 atom stereocenters. The van der Waals surface area contributed by atoms with Crippen molar-refractivity contribution in [3.05, 3.63) is 47.3 Å². The molecule has 0 spiro atoms. The number of aromatic carboxylic acids is 1. The Morgan fingerprint density at radius 3 is 2.15 bits per heavy atom. The molecule has 0 bridgehead atoms. The number of rotatable bonds is 5. The second kappa shape index (κ2) is 7.42. The standard InChI is InChI=1S/C18H20F3N3O3/c1-10(2)11(3)23(4)16(25)12-5-7-13(8-6-12)24-15(18(19,20)21)14(9-22-24)17(26)27/h5-11H,1-4H3,(H,26,27). The number of benzene rings is 1. The molecule has 1 heterocycles. The summed E-state index contributed by atoms with van der Waals surface area (Å²) in [7, 11) is 1.66. The first kappa shape index (κ1) is 20.5. The van der Waals surface area contributed by atoms with Crippen molar-refractivity contribution in [3.63, 3.8) is 0 Å². The van der Waals surface area contributed by atoms with Crippen LogP contribution in [0.4, 0.5) is 13.2 Å². The Balaban J connectivity index is 2.39. The van der Waals surface area contributed by atoms with Crippen LogP contribution < -0.4 is 0 Å². The predicted octanol–water partition coefficient (Wildman–Crippen LogP) is 3.71. The van der Waals surface area contributed by atoms with Crippen molar-refractivity contribution in [2.45, 2.75) is 33.0 Å². The van der Waals surface area contributed by atoms with Gasteiger partial charge in [-0.25, -0.2) is 9.48 Å². The second-order valence-corrected chi connectivity index (χ2v) is 6.57. The maximum Gasteiger partial charge on any atom is 0.434 e. The van der Waals surface area contributed by atoms with Crippen LogP contribution in [0.2, 0.25) is 0 Å². The molecule has 1 amide bonds. The van der Waals surface area contributed by atoms with Crippen LogP contribution in [-0.2, 0) is 6.18 Å². The number of amides is 1. The predicted molar refractivity (Wildman–Crippen MR) is 91.9 cm³/mol. The lowest BCUT2D eigenvalue weighted by Gasteiger charge is -2.28. The number of carboxylic acid groups (broad SMARTS) is 1. The van der Waals surface area contributed by atoms with Gasteiger partial charge in [0.05, 0.1) is 11.9 Å². The summed E-state index contributed by atoms with van der Waals surface area (Å²) in [6, 6.07) is 5.37. The van der Waals surface area contributed by atoms with Gasteiger partial charge in [-0.15, -0.1) is 0 Å². The summed E-state index contributed by atoms with van der Waals surface area (Å²) < 4.78 is 40.4. The summed E-state index contributed by atoms with van der Waals surface area (Å²) in [6.45, 7) is 5.87. The third kappa shape index (κ3) is 4.12. The number of nitrogens with zero attached hydrogens (tertiary/aromatic N) is 3. The lowest BCUT2D eigenvalue weighted by atomic mass is 10.0. The molecule has 1 N–H and O–H groups in total. The van der Waals surface area contributed by atoms with Crippen LogP contribution in [-0.4, -0.2) is 44.8 Å². The Hall–Kier alpha value is -2.84. The minimum Gasteiger partial charge on any atom is -0.478 e. The molecule has 0 radical (unpaired) electrons. The molecular formula is C18H20F3N3O3. The van der Waals surface area contributed by atoms with Crippen molar-refractivity contribution < 1.29 is 27.9 Å². The topological polar surface area (TPSA) is 75.4 Å². The van der Waals surface area contributed by atoms with E-state index >= 15 is 0 Å². The summed E-state index contributed by atoms with van der Waals surface area (Å²) in [6.07, 6.45) is -4.24. The van der Waals surface area contributed by atoms with Crippen molar-refractivity contribution in [2.75, 3.05) is 7.05 Å². The Kier molecular flexibility index (Phi) is 5.62. The van der Waals surface area contributed by atoms with E-state index in [4.69, 9.17) is 5.11 Å². The van der Waals surface area contributed by atoms with Gasteiger partial charge in [0.1, 0.15) is 5.56 Å². The molecule has 1 unspecified atom stereocenters. The number of carbonyl (C=O) groups excluding carboxylic acids is 1. The fourth-order valence-corrected chi connectivity index (χ4v) is 2.55. The molecule has 27 heavy (non-hydrogen) atoms. The maximum absolute atomic E-state index is 13.3. The molecule has 146 valence electrons. The SMILES string of the molecule is CC(C)C(C)N(C)C(=O)c1ccc(-n2ncc(C(=O)O)c2C(F)(F)F)cc1. The highest BCUT2D eigenvalue weighted by molar-refractivity contribution is 5.94. The van der Waals surface area contributed by atoms with E-state index in [9.17, 15) is 22.8 Å². The number of aromatic nitrogens is 2. The Morgan fingerprint density at radius 2 is 1.70 bits per heavy atom. The average Bonchev–Trinajstić information content (AvgIpc) is 3.05. The van der Waals surface area contributed by atoms with Crippen LogP contribution in [0.5, 0.6) is 0 Å². The van der Waals surface area contributed by atoms with E-state index in [0.29, 0.717) is 16.4 Å². The van der Waals surface area contributed by atoms with Crippen LogP contribution in [0.1, 0.15) is 47.2 Å². The van der Waals surface area contributed by atoms with Gasteiger partial charge in [0.15, 0.2) is 5.69 Å². The van der Waals surface area contributed by atoms with E-state index in [1.54, 1.807) is 11.9 Å². The molecular weight excluding hydrogens is 363 g/mol. The van der Waals surface area contributed by atoms with E-state index in [0.717, 1.165) is 0 Å². The maximum atomic E-state index is 13.3. The van der Waals surface area contributed by atoms with Crippen LogP contribution in [0, 0.1) is 5.92 Å². The Labute approximate surface area is 154 Å². The largest absolute Gasteiger partial charge is 0.478 e. The molecule has 0 aliphatic carbocycles. The zero-order valence-corrected chi connectivity index (χ0v) is 15.3. The van der Waals surface area contributed by atoms with Crippen LogP contribution >= 0.6 is 0 Å². The first-order valence-electron chi connectivity index (χ1n) is 8.21. The van der Waals surface area contributed by atoms with Crippen LogP contribution in [0.25, 0.3) is 5.69 Å². The number of carbonyl (C=O) groups is 2. The first-order valence-corrected chi connectivity index (χ1v) is 8.21. The smallest absolute Gasteiger partial charge is 0.434 e. The molecule has 9 heteroatoms. The lowest BCUT2D eigenvalue weighted by molar-refractivity contribution is -0.143. The zero-order chi connectivity index (χ0) is 20.5. The summed E-state index contributed by atoms with van der Waals surface area (Å²) in [4.78, 5) is 25.1. The number of alkyl halides is 3. The number of halogens is 3. The van der Waals surface area contributed by atoms with E-state index < -0.39 is 23.4 Å². The van der Waals surface area contributed by atoms with Gasteiger partial charge >= 0.3 is 12.1 Å². The van der Waals surface area contributed by atoms with E-state index in [1.165, 1.54) is 24.3 Å². The number of carboxylic acids is 1. The summed E-state index contributed by atoms with van der Waals surface area (Å²) in [5, 5.41) is 12.5. The first-order chi connectivity index (χ1) is 12.4. The molecule has 2 rings (SSSR count). The monoisotopic (exact) mass is 383 g/mol. The van der Waals surface area contributed by atoms with E-state index in [2.05, 4.69) is 5.10 Å². The highest BCUT2D eigenvalue weighted by Crippen LogP contribution is 2.33. The molecule has 0 saturated heterocycles. The molecule has 0 aliphatic rings. The van der Waals surface area contributed by atoms with Gasteiger partial charge in [-0.2, -0.15) is 18.3 Å². The Morgan fingerprint density at radius 1 is 1.15 bits per heavy atom. The van der Waals surface area contributed by atoms with Gasteiger partial charge in [-0.3, -0.25) is 4.79 Å². The van der Waals surface area contributed by atoms with E-state index in [-0.39, 0.29) is 23.6 Å². The van der Waals surface area contributed by atoms with Gasteiger partial charge in [0.2, 0.25) is 0 Å². The number of hydrogen-bond donors (Lipinski definition) is 1. The highest BCUT2D eigenvalue weighted by Gasteiger charge is 2.40. The van der Waals surface area contributed by atoms with Crippen molar-refractivity contribution in [2.24, 2.45) is 5.92 Å². The molecule has 2 aromatic rings. The number of hydrogen-bond acceptors (Lipinski definition) is 3.